The Hall–Kier alpha value is -3.42. The lowest BCUT2D eigenvalue weighted by Gasteiger charge is -2.11. The van der Waals surface area contributed by atoms with Gasteiger partial charge in [0.2, 0.25) is 5.65 Å². The van der Waals surface area contributed by atoms with Gasteiger partial charge in [-0.3, -0.25) is 0 Å². The molecular weight excluding hydrogens is 330 g/mol. The van der Waals surface area contributed by atoms with Crippen molar-refractivity contribution in [2.75, 3.05) is 12.4 Å². The molecule has 4 aromatic rings. The molecule has 0 aliphatic carbocycles. The first-order chi connectivity index (χ1) is 12.7. The lowest BCUT2D eigenvalue weighted by molar-refractivity contribution is 0.414. The molecule has 0 saturated carbocycles. The van der Waals surface area contributed by atoms with Crippen LogP contribution in [0, 0.1) is 13.8 Å². The number of nitrogens with zero attached hydrogens (tertiary/aromatic N) is 6. The molecule has 1 aromatic carbocycles. The number of hydrogen-bond donors (Lipinski definition) is 1. The van der Waals surface area contributed by atoms with E-state index in [4.69, 9.17) is 4.74 Å². The fourth-order valence-corrected chi connectivity index (χ4v) is 2.80. The summed E-state index contributed by atoms with van der Waals surface area (Å²) >= 11 is 0. The highest BCUT2D eigenvalue weighted by Gasteiger charge is 2.12. The van der Waals surface area contributed by atoms with Crippen molar-refractivity contribution in [3.63, 3.8) is 0 Å². The van der Waals surface area contributed by atoms with Gasteiger partial charge in [0.05, 0.1) is 30.4 Å². The average molecular weight is 349 g/mol. The van der Waals surface area contributed by atoms with Gasteiger partial charge in [-0.2, -0.15) is 14.7 Å². The molecule has 0 aliphatic heterocycles. The van der Waals surface area contributed by atoms with Crippen molar-refractivity contribution in [1.82, 2.24) is 29.6 Å². The van der Waals surface area contributed by atoms with Crippen LogP contribution < -0.4 is 10.1 Å². The molecule has 0 bridgehead atoms. The number of aryl methyl sites for hydroxylation is 1. The second-order valence-corrected chi connectivity index (χ2v) is 6.03. The van der Waals surface area contributed by atoms with Crippen molar-refractivity contribution in [2.24, 2.45) is 0 Å². The first kappa shape index (κ1) is 16.1. The minimum atomic E-state index is 0.622. The van der Waals surface area contributed by atoms with Crippen LogP contribution in [-0.2, 0) is 6.54 Å². The van der Waals surface area contributed by atoms with E-state index in [-0.39, 0.29) is 0 Å². The third kappa shape index (κ3) is 2.85. The number of fused-ring (bicyclic) bond motifs is 1. The summed E-state index contributed by atoms with van der Waals surface area (Å²) in [5.41, 5.74) is 5.65. The lowest BCUT2D eigenvalue weighted by atomic mass is 10.2. The normalized spacial score (nSPS) is 11.0. The number of hydrogen-bond acceptors (Lipinski definition) is 6. The maximum atomic E-state index is 5.27. The molecule has 0 spiro atoms. The molecular formula is C18H19N7O. The highest BCUT2D eigenvalue weighted by Crippen LogP contribution is 2.22. The first-order valence-corrected chi connectivity index (χ1v) is 8.25. The van der Waals surface area contributed by atoms with Crippen molar-refractivity contribution in [3.8, 4) is 11.4 Å². The van der Waals surface area contributed by atoms with Gasteiger partial charge in [-0.1, -0.05) is 6.07 Å². The Balaban J connectivity index is 1.57. The van der Waals surface area contributed by atoms with Crippen LogP contribution in [0.25, 0.3) is 11.3 Å². The molecule has 8 heteroatoms. The smallest absolute Gasteiger partial charge is 0.200 e. The summed E-state index contributed by atoms with van der Waals surface area (Å²) in [6, 6.07) is 7.79. The van der Waals surface area contributed by atoms with Crippen molar-refractivity contribution < 1.29 is 4.74 Å². The van der Waals surface area contributed by atoms with Gasteiger partial charge >= 0.3 is 0 Å². The standard InChI is InChI=1S/C18H19N7O/c1-12-13(2)23-25-11-20-22-18(25)17(12)19-8-14-9-21-24(10-14)15-5-4-6-16(7-15)26-3/h4-7,9-11,19H,8H2,1-3H3. The van der Waals surface area contributed by atoms with E-state index in [1.54, 1.807) is 18.0 Å². The predicted molar refractivity (Wildman–Crippen MR) is 97.7 cm³/mol. The molecule has 4 rings (SSSR count). The van der Waals surface area contributed by atoms with E-state index in [2.05, 4.69) is 25.7 Å². The number of rotatable bonds is 5. The van der Waals surface area contributed by atoms with Crippen molar-refractivity contribution in [3.05, 3.63) is 59.8 Å². The number of nitrogens with one attached hydrogen (secondary N) is 1. The largest absolute Gasteiger partial charge is 0.497 e. The maximum absolute atomic E-state index is 5.27. The monoisotopic (exact) mass is 349 g/mol. The van der Waals surface area contributed by atoms with E-state index in [0.717, 1.165) is 33.9 Å². The van der Waals surface area contributed by atoms with Gasteiger partial charge in [-0.15, -0.1) is 10.2 Å². The second-order valence-electron chi connectivity index (χ2n) is 6.03. The van der Waals surface area contributed by atoms with Gasteiger partial charge in [0.25, 0.3) is 0 Å². The van der Waals surface area contributed by atoms with Crippen LogP contribution in [0.1, 0.15) is 16.8 Å². The summed E-state index contributed by atoms with van der Waals surface area (Å²) in [5, 5.41) is 20.4. The maximum Gasteiger partial charge on any atom is 0.200 e. The van der Waals surface area contributed by atoms with Crippen molar-refractivity contribution in [1.29, 1.82) is 0 Å². The Morgan fingerprint density at radius 2 is 2.12 bits per heavy atom. The Labute approximate surface area is 150 Å². The molecule has 0 aliphatic rings. The zero-order valence-corrected chi connectivity index (χ0v) is 14.8. The molecule has 0 fully saturated rings. The summed E-state index contributed by atoms with van der Waals surface area (Å²) in [6.45, 7) is 4.62. The number of ether oxygens (including phenoxy) is 1. The zero-order chi connectivity index (χ0) is 18.1. The number of benzene rings is 1. The fraction of sp³-hybridized carbons (Fsp3) is 0.222. The van der Waals surface area contributed by atoms with E-state index >= 15 is 0 Å². The first-order valence-electron chi connectivity index (χ1n) is 8.25. The van der Waals surface area contributed by atoms with Crippen LogP contribution in [-0.4, -0.2) is 36.7 Å². The number of aromatic nitrogens is 6. The molecule has 0 amide bonds. The molecule has 0 atom stereocenters. The third-order valence-corrected chi connectivity index (χ3v) is 4.35. The zero-order valence-electron chi connectivity index (χ0n) is 14.8. The summed E-state index contributed by atoms with van der Waals surface area (Å²) < 4.78 is 8.79. The van der Waals surface area contributed by atoms with E-state index in [0.29, 0.717) is 12.2 Å². The Bertz CT molecular complexity index is 1070. The molecule has 0 unspecified atom stereocenters. The van der Waals surface area contributed by atoms with E-state index in [9.17, 15) is 0 Å². The quantitative estimate of drug-likeness (QED) is 0.596. The summed E-state index contributed by atoms with van der Waals surface area (Å²) in [6.07, 6.45) is 5.44. The second kappa shape index (κ2) is 6.47. The summed E-state index contributed by atoms with van der Waals surface area (Å²) in [5.74, 6) is 0.801. The Morgan fingerprint density at radius 1 is 1.23 bits per heavy atom. The summed E-state index contributed by atoms with van der Waals surface area (Å²) in [4.78, 5) is 0. The van der Waals surface area contributed by atoms with Crippen LogP contribution >= 0.6 is 0 Å². The van der Waals surface area contributed by atoms with E-state index < -0.39 is 0 Å². The minimum Gasteiger partial charge on any atom is -0.497 e. The van der Waals surface area contributed by atoms with Crippen LogP contribution in [0.2, 0.25) is 0 Å². The molecule has 1 N–H and O–H groups in total. The highest BCUT2D eigenvalue weighted by molar-refractivity contribution is 5.71. The Morgan fingerprint density at radius 3 is 2.96 bits per heavy atom. The topological polar surface area (TPSA) is 82.2 Å². The van der Waals surface area contributed by atoms with Gasteiger partial charge in [0, 0.05) is 24.4 Å². The predicted octanol–water partition coefficient (Wildman–Crippen LogP) is 2.55. The Kier molecular flexibility index (Phi) is 4.00. The third-order valence-electron chi connectivity index (χ3n) is 4.35. The molecule has 8 nitrogen and oxygen atoms in total. The van der Waals surface area contributed by atoms with E-state index in [1.807, 2.05) is 55.2 Å². The number of methoxy groups -OCH3 is 1. The van der Waals surface area contributed by atoms with Gasteiger partial charge in [0.15, 0.2) is 0 Å². The fourth-order valence-electron chi connectivity index (χ4n) is 2.80. The lowest BCUT2D eigenvalue weighted by Crippen LogP contribution is -2.07. The van der Waals surface area contributed by atoms with Crippen LogP contribution in [0.4, 0.5) is 5.69 Å². The number of anilines is 1. The van der Waals surface area contributed by atoms with Gasteiger partial charge in [-0.05, 0) is 31.5 Å². The van der Waals surface area contributed by atoms with Crippen LogP contribution in [0.5, 0.6) is 5.75 Å². The van der Waals surface area contributed by atoms with Crippen LogP contribution in [0.15, 0.2) is 43.0 Å². The highest BCUT2D eigenvalue weighted by atomic mass is 16.5. The van der Waals surface area contributed by atoms with Crippen LogP contribution in [0.3, 0.4) is 0 Å². The van der Waals surface area contributed by atoms with Gasteiger partial charge < -0.3 is 10.1 Å². The average Bonchev–Trinajstić information content (AvgIpc) is 3.31. The molecule has 3 heterocycles. The van der Waals surface area contributed by atoms with Gasteiger partial charge in [-0.25, -0.2) is 4.68 Å². The van der Waals surface area contributed by atoms with Crippen molar-refractivity contribution >= 4 is 11.3 Å². The molecule has 132 valence electrons. The molecule has 26 heavy (non-hydrogen) atoms. The van der Waals surface area contributed by atoms with Crippen molar-refractivity contribution in [2.45, 2.75) is 20.4 Å². The summed E-state index contributed by atoms with van der Waals surface area (Å²) in [7, 11) is 1.65. The minimum absolute atomic E-state index is 0.622. The van der Waals surface area contributed by atoms with Gasteiger partial charge in [0.1, 0.15) is 12.1 Å². The SMILES string of the molecule is COc1cccc(-n2cc(CNc3c(C)c(C)nn4cnnc34)cn2)c1. The molecule has 3 aromatic heterocycles. The van der Waals surface area contributed by atoms with E-state index in [1.165, 1.54) is 0 Å². The molecule has 0 saturated heterocycles. The molecule has 0 radical (unpaired) electrons.